The molecule has 0 unspecified atom stereocenters. The molecule has 0 N–H and O–H groups in total. The van der Waals surface area contributed by atoms with Crippen LogP contribution in [-0.2, 0) is 9.53 Å². The molecule has 2 rings (SSSR count). The van der Waals surface area contributed by atoms with E-state index in [0.717, 1.165) is 39.0 Å². The third-order valence-corrected chi connectivity index (χ3v) is 5.46. The molecule has 0 spiro atoms. The van der Waals surface area contributed by atoms with Crippen molar-refractivity contribution in [2.24, 2.45) is 11.8 Å². The summed E-state index contributed by atoms with van der Waals surface area (Å²) in [6.07, 6.45) is 4.07. The van der Waals surface area contributed by atoms with Crippen LogP contribution in [0.5, 0.6) is 0 Å². The van der Waals surface area contributed by atoms with Gasteiger partial charge in [0, 0.05) is 24.1 Å². The van der Waals surface area contributed by atoms with Gasteiger partial charge in [-0.05, 0) is 38.0 Å². The molecule has 2 heterocycles. The minimum atomic E-state index is 0.309. The second-order valence-corrected chi connectivity index (χ2v) is 7.46. The van der Waals surface area contributed by atoms with Gasteiger partial charge in [0.05, 0.1) is 12.6 Å². The number of hydrogen-bond donors (Lipinski definition) is 0. The monoisotopic (exact) mass is 343 g/mol. The number of carbonyl (C=O) groups excluding carboxylic acids is 1. The lowest BCUT2D eigenvalue weighted by Gasteiger charge is -2.34. The molecule has 4 heteroatoms. The van der Waals surface area contributed by atoms with E-state index in [4.69, 9.17) is 4.74 Å². The molecule has 20 heavy (non-hydrogen) atoms. The van der Waals surface area contributed by atoms with E-state index in [1.165, 1.54) is 10.1 Å². The van der Waals surface area contributed by atoms with Gasteiger partial charge in [0.15, 0.2) is 0 Å². The molecule has 0 aromatic heterocycles. The highest BCUT2D eigenvalue weighted by Crippen LogP contribution is 2.29. The number of nitrogens with zero attached hydrogens (tertiary/aromatic N) is 1. The largest absolute Gasteiger partial charge is 0.378 e. The second kappa shape index (κ2) is 7.08. The van der Waals surface area contributed by atoms with Crippen LogP contribution in [0.2, 0.25) is 0 Å². The Labute approximate surface area is 130 Å². The molecule has 1 fully saturated rings. The maximum absolute atomic E-state index is 12.4. The number of carbonyl (C=O) groups is 1. The lowest BCUT2D eigenvalue weighted by atomic mass is 9.87. The fourth-order valence-electron chi connectivity index (χ4n) is 2.96. The first-order chi connectivity index (χ1) is 9.47. The molecule has 2 aliphatic heterocycles. The Bertz CT molecular complexity index is 392. The highest BCUT2D eigenvalue weighted by atomic mass is 79.9. The summed E-state index contributed by atoms with van der Waals surface area (Å²) in [5.74, 6) is 1.35. The van der Waals surface area contributed by atoms with Crippen molar-refractivity contribution in [2.75, 3.05) is 19.7 Å². The van der Waals surface area contributed by atoms with Crippen LogP contribution in [0.1, 0.15) is 46.5 Å². The van der Waals surface area contributed by atoms with Gasteiger partial charge in [0.25, 0.3) is 0 Å². The summed E-state index contributed by atoms with van der Waals surface area (Å²) in [4.78, 5) is 14.4. The highest BCUT2D eigenvalue weighted by molar-refractivity contribution is 9.11. The van der Waals surface area contributed by atoms with Gasteiger partial charge < -0.3 is 9.64 Å². The Morgan fingerprint density at radius 3 is 2.90 bits per heavy atom. The van der Waals surface area contributed by atoms with E-state index in [2.05, 4.69) is 36.7 Å². The van der Waals surface area contributed by atoms with E-state index in [1.807, 2.05) is 4.90 Å². The van der Waals surface area contributed by atoms with Crippen LogP contribution in [0.15, 0.2) is 10.1 Å². The topological polar surface area (TPSA) is 29.5 Å². The van der Waals surface area contributed by atoms with Crippen LogP contribution < -0.4 is 0 Å². The zero-order valence-electron chi connectivity index (χ0n) is 12.8. The normalized spacial score (nSPS) is 28.1. The summed E-state index contributed by atoms with van der Waals surface area (Å²) >= 11 is 3.58. The quantitative estimate of drug-likeness (QED) is 0.781. The Hall–Kier alpha value is -0.350. The Kier molecular flexibility index (Phi) is 5.67. The predicted octanol–water partition coefficient (Wildman–Crippen LogP) is 3.73. The maximum Gasteiger partial charge on any atom is 0.223 e. The average Bonchev–Trinajstić information content (AvgIpc) is 2.42. The molecule has 1 amide bonds. The standard InChI is InChI=1S/C16H26BrNO2/c1-11(2)15-8-13(5-7-20-15)9-16(19)18-6-4-12(3)14(17)10-18/h11,13,15H,4-10H2,1-3H3/t13-,15+/m0/s1. The lowest BCUT2D eigenvalue weighted by molar-refractivity contribution is -0.133. The number of halogens is 1. The van der Waals surface area contributed by atoms with Gasteiger partial charge in [-0.15, -0.1) is 0 Å². The van der Waals surface area contributed by atoms with E-state index in [9.17, 15) is 4.79 Å². The van der Waals surface area contributed by atoms with Gasteiger partial charge in [-0.2, -0.15) is 0 Å². The molecule has 0 bridgehead atoms. The molecule has 0 aromatic carbocycles. The van der Waals surface area contributed by atoms with Crippen molar-refractivity contribution in [3.63, 3.8) is 0 Å². The van der Waals surface area contributed by atoms with Gasteiger partial charge in [-0.1, -0.05) is 35.4 Å². The summed E-state index contributed by atoms with van der Waals surface area (Å²) in [5.41, 5.74) is 1.37. The van der Waals surface area contributed by atoms with Gasteiger partial charge in [-0.3, -0.25) is 4.79 Å². The Morgan fingerprint density at radius 1 is 1.50 bits per heavy atom. The second-order valence-electron chi connectivity index (χ2n) is 6.50. The van der Waals surface area contributed by atoms with Crippen molar-refractivity contribution in [2.45, 2.75) is 52.6 Å². The molecule has 114 valence electrons. The molecule has 0 radical (unpaired) electrons. The minimum absolute atomic E-state index is 0.309. The third-order valence-electron chi connectivity index (χ3n) is 4.53. The molecular formula is C16H26BrNO2. The van der Waals surface area contributed by atoms with E-state index >= 15 is 0 Å². The lowest BCUT2D eigenvalue weighted by Crippen LogP contribution is -2.38. The molecule has 1 saturated heterocycles. The fourth-order valence-corrected chi connectivity index (χ4v) is 3.46. The number of ether oxygens (including phenoxy) is 1. The zero-order valence-corrected chi connectivity index (χ0v) is 14.4. The SMILES string of the molecule is CC1=C(Br)CN(C(=O)C[C@H]2CCO[C@@H](C(C)C)C2)CC1. The first-order valence-corrected chi connectivity index (χ1v) is 8.50. The van der Waals surface area contributed by atoms with E-state index in [1.54, 1.807) is 0 Å². The first-order valence-electron chi connectivity index (χ1n) is 7.71. The van der Waals surface area contributed by atoms with Crippen LogP contribution >= 0.6 is 15.9 Å². The third kappa shape index (κ3) is 4.08. The van der Waals surface area contributed by atoms with Crippen molar-refractivity contribution in [3.05, 3.63) is 10.1 Å². The Balaban J connectivity index is 1.85. The van der Waals surface area contributed by atoms with Gasteiger partial charge in [-0.25, -0.2) is 0 Å². The smallest absolute Gasteiger partial charge is 0.223 e. The summed E-state index contributed by atoms with van der Waals surface area (Å²) in [5, 5.41) is 0. The molecule has 2 aliphatic rings. The summed E-state index contributed by atoms with van der Waals surface area (Å²) in [7, 11) is 0. The fraction of sp³-hybridized carbons (Fsp3) is 0.812. The number of amides is 1. The molecule has 0 aliphatic carbocycles. The van der Waals surface area contributed by atoms with Crippen molar-refractivity contribution < 1.29 is 9.53 Å². The summed E-state index contributed by atoms with van der Waals surface area (Å²) in [6, 6.07) is 0. The molecular weight excluding hydrogens is 318 g/mol. The molecule has 0 saturated carbocycles. The van der Waals surface area contributed by atoms with Crippen LogP contribution in [0.4, 0.5) is 0 Å². The van der Waals surface area contributed by atoms with Gasteiger partial charge >= 0.3 is 0 Å². The molecule has 3 nitrogen and oxygen atoms in total. The van der Waals surface area contributed by atoms with Crippen LogP contribution in [0.25, 0.3) is 0 Å². The van der Waals surface area contributed by atoms with E-state index < -0.39 is 0 Å². The highest BCUT2D eigenvalue weighted by Gasteiger charge is 2.28. The molecule has 2 atom stereocenters. The number of rotatable bonds is 3. The summed E-state index contributed by atoms with van der Waals surface area (Å²) in [6.45, 7) is 8.97. The Morgan fingerprint density at radius 2 is 2.25 bits per heavy atom. The zero-order chi connectivity index (χ0) is 14.7. The summed E-state index contributed by atoms with van der Waals surface area (Å²) < 4.78 is 6.97. The van der Waals surface area contributed by atoms with Crippen LogP contribution in [0.3, 0.4) is 0 Å². The van der Waals surface area contributed by atoms with Crippen molar-refractivity contribution >= 4 is 21.8 Å². The van der Waals surface area contributed by atoms with Crippen molar-refractivity contribution in [3.8, 4) is 0 Å². The van der Waals surface area contributed by atoms with Crippen molar-refractivity contribution in [1.29, 1.82) is 0 Å². The molecule has 0 aromatic rings. The average molecular weight is 344 g/mol. The van der Waals surface area contributed by atoms with Gasteiger partial charge in [0.1, 0.15) is 0 Å². The van der Waals surface area contributed by atoms with Crippen molar-refractivity contribution in [1.82, 2.24) is 4.90 Å². The maximum atomic E-state index is 12.4. The van der Waals surface area contributed by atoms with Gasteiger partial charge in [0.2, 0.25) is 5.91 Å². The van der Waals surface area contributed by atoms with Crippen LogP contribution in [0, 0.1) is 11.8 Å². The van der Waals surface area contributed by atoms with Crippen LogP contribution in [-0.4, -0.2) is 36.6 Å². The van der Waals surface area contributed by atoms with E-state index in [-0.39, 0.29) is 0 Å². The predicted molar refractivity (Wildman–Crippen MR) is 84.7 cm³/mol. The van der Waals surface area contributed by atoms with E-state index in [0.29, 0.717) is 30.3 Å². The number of hydrogen-bond acceptors (Lipinski definition) is 2. The first kappa shape index (κ1) is 16.0. The minimum Gasteiger partial charge on any atom is -0.378 e.